The van der Waals surface area contributed by atoms with Crippen LogP contribution >= 0.6 is 12.2 Å². The molecule has 1 amide bonds. The van der Waals surface area contributed by atoms with E-state index in [0.29, 0.717) is 5.56 Å². The predicted molar refractivity (Wildman–Crippen MR) is 67.6 cm³/mol. The number of nitrogens with zero attached hydrogens (tertiary/aromatic N) is 1. The van der Waals surface area contributed by atoms with E-state index in [4.69, 9.17) is 17.5 Å². The van der Waals surface area contributed by atoms with Crippen LogP contribution in [-0.2, 0) is 9.53 Å². The van der Waals surface area contributed by atoms with Gasteiger partial charge in [-0.3, -0.25) is 9.59 Å². The molecule has 0 bridgehead atoms. The number of hydrogen-bond acceptors (Lipinski definition) is 5. The van der Waals surface area contributed by atoms with E-state index >= 15 is 0 Å². The molecule has 0 aliphatic carbocycles. The van der Waals surface area contributed by atoms with E-state index in [1.807, 2.05) is 0 Å². The molecule has 0 saturated carbocycles. The number of nitrogens with one attached hydrogen (secondary N) is 1. The Hall–Kier alpha value is -2.26. The molecule has 18 heavy (non-hydrogen) atoms. The Morgan fingerprint density at radius 2 is 2.00 bits per heavy atom. The number of benzene rings is 1. The van der Waals surface area contributed by atoms with Crippen molar-refractivity contribution in [3.05, 3.63) is 35.9 Å². The number of thiocarbonyl (C=S) groups is 1. The van der Waals surface area contributed by atoms with Gasteiger partial charge in [-0.1, -0.05) is 30.4 Å². The van der Waals surface area contributed by atoms with Crippen LogP contribution in [-0.4, -0.2) is 24.0 Å². The van der Waals surface area contributed by atoms with Gasteiger partial charge < -0.3 is 10.1 Å². The minimum Gasteiger partial charge on any atom is -0.468 e. The molecular formula is C12H10N2O3S. The molecule has 0 aliphatic rings. The lowest BCUT2D eigenvalue weighted by molar-refractivity contribution is -0.141. The Morgan fingerprint density at radius 3 is 2.50 bits per heavy atom. The van der Waals surface area contributed by atoms with Crippen molar-refractivity contribution in [3.8, 4) is 6.07 Å². The van der Waals surface area contributed by atoms with E-state index in [1.54, 1.807) is 36.4 Å². The van der Waals surface area contributed by atoms with Crippen LogP contribution in [0.25, 0.3) is 0 Å². The summed E-state index contributed by atoms with van der Waals surface area (Å²) in [5.41, 5.74) is 0.390. The summed E-state index contributed by atoms with van der Waals surface area (Å²) in [6.07, 6.45) is 0. The largest absolute Gasteiger partial charge is 0.468 e. The molecule has 0 aliphatic heterocycles. The summed E-state index contributed by atoms with van der Waals surface area (Å²) in [6, 6.07) is 10.0. The maximum atomic E-state index is 11.7. The van der Waals surface area contributed by atoms with Crippen LogP contribution in [0.2, 0.25) is 0 Å². The molecule has 5 nitrogen and oxygen atoms in total. The lowest BCUT2D eigenvalue weighted by atomic mass is 10.1. The van der Waals surface area contributed by atoms with Gasteiger partial charge in [0.1, 0.15) is 4.99 Å². The second-order valence-electron chi connectivity index (χ2n) is 3.27. The molecule has 1 aromatic rings. The third-order valence-corrected chi connectivity index (χ3v) is 2.44. The second-order valence-corrected chi connectivity index (χ2v) is 3.71. The first-order valence-electron chi connectivity index (χ1n) is 4.98. The van der Waals surface area contributed by atoms with Gasteiger partial charge in [0.25, 0.3) is 5.91 Å². The number of hydrogen-bond donors (Lipinski definition) is 1. The highest BCUT2D eigenvalue weighted by Gasteiger charge is 2.25. The van der Waals surface area contributed by atoms with Gasteiger partial charge in [-0.25, -0.2) is 0 Å². The number of rotatable bonds is 3. The summed E-state index contributed by atoms with van der Waals surface area (Å²) in [5, 5.41) is 11.1. The summed E-state index contributed by atoms with van der Waals surface area (Å²) < 4.78 is 4.41. The lowest BCUT2D eigenvalue weighted by Gasteiger charge is -2.10. The summed E-state index contributed by atoms with van der Waals surface area (Å²) in [5.74, 6) is -2.54. The molecule has 6 heteroatoms. The molecule has 0 aromatic heterocycles. The Balaban J connectivity index is 2.74. The van der Waals surface area contributed by atoms with Crippen molar-refractivity contribution in [1.82, 2.24) is 5.32 Å². The van der Waals surface area contributed by atoms with E-state index in [9.17, 15) is 9.59 Å². The molecule has 0 radical (unpaired) electrons. The average Bonchev–Trinajstić information content (AvgIpc) is 2.40. The maximum absolute atomic E-state index is 11.7. The zero-order valence-corrected chi connectivity index (χ0v) is 10.4. The highest BCUT2D eigenvalue weighted by atomic mass is 32.1. The van der Waals surface area contributed by atoms with E-state index in [2.05, 4.69) is 10.1 Å². The molecule has 0 spiro atoms. The molecule has 92 valence electrons. The van der Waals surface area contributed by atoms with E-state index < -0.39 is 17.8 Å². The lowest BCUT2D eigenvalue weighted by Crippen LogP contribution is -2.37. The molecule has 0 heterocycles. The summed E-state index contributed by atoms with van der Waals surface area (Å²) in [4.78, 5) is 22.8. The highest BCUT2D eigenvalue weighted by Crippen LogP contribution is 2.03. The van der Waals surface area contributed by atoms with E-state index in [1.165, 1.54) is 0 Å². The Bertz CT molecular complexity index is 508. The van der Waals surface area contributed by atoms with Crippen LogP contribution in [0.1, 0.15) is 10.4 Å². The summed E-state index contributed by atoms with van der Waals surface area (Å²) in [6.45, 7) is 0. The summed E-state index contributed by atoms with van der Waals surface area (Å²) in [7, 11) is 1.15. The van der Waals surface area contributed by atoms with Crippen LogP contribution in [0.5, 0.6) is 0 Å². The van der Waals surface area contributed by atoms with Gasteiger partial charge >= 0.3 is 5.97 Å². The quantitative estimate of drug-likeness (QED) is 0.650. The van der Waals surface area contributed by atoms with E-state index in [0.717, 1.165) is 7.11 Å². The number of methoxy groups -OCH3 is 1. The summed E-state index contributed by atoms with van der Waals surface area (Å²) >= 11 is 4.84. The van der Waals surface area contributed by atoms with Crippen molar-refractivity contribution in [2.24, 2.45) is 5.92 Å². The molecular weight excluding hydrogens is 252 g/mol. The van der Waals surface area contributed by atoms with Crippen LogP contribution in [0.3, 0.4) is 0 Å². The number of carbonyl (C=O) groups excluding carboxylic acids is 2. The number of esters is 1. The third kappa shape index (κ3) is 3.37. The molecule has 0 unspecified atom stereocenters. The van der Waals surface area contributed by atoms with Gasteiger partial charge in [-0.15, -0.1) is 0 Å². The molecule has 0 fully saturated rings. The fourth-order valence-electron chi connectivity index (χ4n) is 1.18. The topological polar surface area (TPSA) is 79.2 Å². The Labute approximate surface area is 109 Å². The molecule has 1 aromatic carbocycles. The van der Waals surface area contributed by atoms with Crippen molar-refractivity contribution in [2.75, 3.05) is 7.11 Å². The van der Waals surface area contributed by atoms with Crippen molar-refractivity contribution >= 4 is 29.1 Å². The fraction of sp³-hybridized carbons (Fsp3) is 0.167. The Morgan fingerprint density at radius 1 is 1.39 bits per heavy atom. The number of ether oxygens (including phenoxy) is 1. The van der Waals surface area contributed by atoms with Gasteiger partial charge in [0, 0.05) is 5.56 Å². The number of amides is 1. The van der Waals surface area contributed by atoms with Gasteiger partial charge in [-0.05, 0) is 12.1 Å². The van der Waals surface area contributed by atoms with E-state index in [-0.39, 0.29) is 4.99 Å². The van der Waals surface area contributed by atoms with Crippen molar-refractivity contribution in [2.45, 2.75) is 0 Å². The Kier molecular flexibility index (Phi) is 4.96. The van der Waals surface area contributed by atoms with Gasteiger partial charge in [0.15, 0.2) is 5.92 Å². The zero-order chi connectivity index (χ0) is 13.5. The first-order chi connectivity index (χ1) is 8.60. The zero-order valence-electron chi connectivity index (χ0n) is 9.54. The average molecular weight is 262 g/mol. The fourth-order valence-corrected chi connectivity index (χ4v) is 1.42. The van der Waals surface area contributed by atoms with Gasteiger partial charge in [0.05, 0.1) is 13.2 Å². The molecule has 0 saturated heterocycles. The minimum absolute atomic E-state index is 0.168. The smallest absolute Gasteiger partial charge is 0.330 e. The number of nitriles is 1. The highest BCUT2D eigenvalue weighted by molar-refractivity contribution is 7.80. The minimum atomic E-state index is -1.28. The normalized spacial score (nSPS) is 10.9. The number of carbonyl (C=O) groups is 2. The molecule has 1 N–H and O–H groups in total. The van der Waals surface area contributed by atoms with Gasteiger partial charge in [0.2, 0.25) is 0 Å². The van der Waals surface area contributed by atoms with Crippen LogP contribution in [0.4, 0.5) is 0 Å². The predicted octanol–water partition coefficient (Wildman–Crippen LogP) is 1.06. The molecule has 1 rings (SSSR count). The van der Waals surface area contributed by atoms with Crippen molar-refractivity contribution < 1.29 is 14.3 Å². The monoisotopic (exact) mass is 262 g/mol. The second kappa shape index (κ2) is 6.47. The third-order valence-electron chi connectivity index (χ3n) is 2.10. The standard InChI is InChI=1S/C12H10N2O3S/c1-17-12(16)9(7-13)11(18)14-10(15)8-5-3-2-4-6-8/h2-6,9H,1H3,(H,14,15,18)/t9-/m0/s1. The van der Waals surface area contributed by atoms with Crippen LogP contribution < -0.4 is 5.32 Å². The first kappa shape index (κ1) is 13.8. The maximum Gasteiger partial charge on any atom is 0.330 e. The van der Waals surface area contributed by atoms with Crippen molar-refractivity contribution in [1.29, 1.82) is 5.26 Å². The van der Waals surface area contributed by atoms with Crippen molar-refractivity contribution in [3.63, 3.8) is 0 Å². The van der Waals surface area contributed by atoms with Crippen LogP contribution in [0.15, 0.2) is 30.3 Å². The first-order valence-corrected chi connectivity index (χ1v) is 5.38. The SMILES string of the molecule is COC(=O)[C@@H](C#N)C(=S)NC(=O)c1ccccc1. The molecule has 1 atom stereocenters. The van der Waals surface area contributed by atoms with Crippen LogP contribution in [0, 0.1) is 17.2 Å². The van der Waals surface area contributed by atoms with Gasteiger partial charge in [-0.2, -0.15) is 5.26 Å².